The molecule has 0 aromatic heterocycles. The second-order valence-electron chi connectivity index (χ2n) is 5.96. The second kappa shape index (κ2) is 5.39. The Hall–Kier alpha value is -1.89. The number of carbonyl (C=O) groups excluding carboxylic acids is 2. The number of hydrogen-bond donors (Lipinski definition) is 1. The van der Waals surface area contributed by atoms with Crippen LogP contribution in [0.15, 0.2) is 24.3 Å². The molecule has 2 aliphatic heterocycles. The van der Waals surface area contributed by atoms with Gasteiger partial charge in [-0.05, 0) is 18.6 Å². The number of rotatable bonds is 1. The highest BCUT2D eigenvalue weighted by atomic mass is 32.2. The Kier molecular flexibility index (Phi) is 3.68. The normalized spacial score (nSPS) is 27.0. The van der Waals surface area contributed by atoms with Crippen molar-refractivity contribution in [3.05, 3.63) is 24.3 Å². The van der Waals surface area contributed by atoms with Crippen LogP contribution in [0.25, 0.3) is 0 Å². The number of nitrogens with zero attached hydrogens (tertiary/aromatic N) is 1. The maximum Gasteiger partial charge on any atom is 0.231 e. The maximum absolute atomic E-state index is 12.8. The van der Waals surface area contributed by atoms with E-state index in [1.807, 2.05) is 0 Å². The molecule has 1 aromatic carbocycles. The summed E-state index contributed by atoms with van der Waals surface area (Å²) in [4.78, 5) is 26.4. The predicted octanol–water partition coefficient (Wildman–Crippen LogP) is 1.04. The van der Waals surface area contributed by atoms with E-state index in [0.717, 1.165) is 0 Å². The Morgan fingerprint density at radius 1 is 1.32 bits per heavy atom. The van der Waals surface area contributed by atoms with E-state index in [1.165, 1.54) is 0 Å². The van der Waals surface area contributed by atoms with Gasteiger partial charge in [0.05, 0.1) is 34.7 Å². The maximum atomic E-state index is 12.8. The lowest BCUT2D eigenvalue weighted by molar-refractivity contribution is -0.122. The van der Waals surface area contributed by atoms with Gasteiger partial charge in [-0.25, -0.2) is 8.42 Å². The fourth-order valence-corrected chi connectivity index (χ4v) is 4.68. The van der Waals surface area contributed by atoms with Gasteiger partial charge in [-0.1, -0.05) is 19.1 Å². The lowest BCUT2D eigenvalue weighted by Gasteiger charge is -2.26. The molecule has 118 valence electrons. The molecule has 0 bridgehead atoms. The molecule has 0 radical (unpaired) electrons. The smallest absolute Gasteiger partial charge is 0.231 e. The molecule has 1 saturated heterocycles. The Balaban J connectivity index is 1.95. The van der Waals surface area contributed by atoms with Crippen LogP contribution in [0.5, 0.6) is 0 Å². The first kappa shape index (κ1) is 15.0. The number of amides is 2. The van der Waals surface area contributed by atoms with Crippen LogP contribution in [0.4, 0.5) is 11.4 Å². The highest BCUT2D eigenvalue weighted by Gasteiger charge is 2.38. The topological polar surface area (TPSA) is 83.6 Å². The minimum atomic E-state index is -3.12. The zero-order chi connectivity index (χ0) is 15.9. The van der Waals surface area contributed by atoms with Crippen LogP contribution < -0.4 is 10.2 Å². The van der Waals surface area contributed by atoms with Crippen molar-refractivity contribution in [2.75, 3.05) is 28.3 Å². The van der Waals surface area contributed by atoms with Crippen LogP contribution in [-0.4, -0.2) is 38.3 Å². The highest BCUT2D eigenvalue weighted by Crippen LogP contribution is 2.32. The van der Waals surface area contributed by atoms with E-state index < -0.39 is 15.8 Å². The molecule has 6 nitrogen and oxygen atoms in total. The molecule has 2 atom stereocenters. The minimum Gasteiger partial charge on any atom is -0.324 e. The van der Waals surface area contributed by atoms with E-state index in [-0.39, 0.29) is 35.8 Å². The summed E-state index contributed by atoms with van der Waals surface area (Å²) in [7, 11) is -3.12. The number of para-hydroxylation sites is 2. The first-order valence-corrected chi connectivity index (χ1v) is 9.11. The molecule has 2 aliphatic rings. The summed E-state index contributed by atoms with van der Waals surface area (Å²) in [5.74, 6) is -1.25. The molecule has 0 aliphatic carbocycles. The van der Waals surface area contributed by atoms with E-state index >= 15 is 0 Å². The van der Waals surface area contributed by atoms with E-state index in [0.29, 0.717) is 17.8 Å². The number of hydrogen-bond acceptors (Lipinski definition) is 4. The minimum absolute atomic E-state index is 0.0611. The summed E-state index contributed by atoms with van der Waals surface area (Å²) in [6.45, 7) is 2.02. The molecule has 0 unspecified atom stereocenters. The number of sulfone groups is 1. The molecule has 0 saturated carbocycles. The molecule has 2 amide bonds. The first-order valence-electron chi connectivity index (χ1n) is 7.29. The SMILES string of the molecule is C[C@H]1CN(C(=O)[C@H]2CCS(=O)(=O)C2)c2ccccc2NC1=O. The van der Waals surface area contributed by atoms with Crippen LogP contribution in [0, 0.1) is 11.8 Å². The van der Waals surface area contributed by atoms with Crippen molar-refractivity contribution in [1.29, 1.82) is 0 Å². The van der Waals surface area contributed by atoms with Crippen molar-refractivity contribution in [2.45, 2.75) is 13.3 Å². The van der Waals surface area contributed by atoms with Crippen LogP contribution in [0.3, 0.4) is 0 Å². The van der Waals surface area contributed by atoms with Crippen molar-refractivity contribution >= 4 is 33.0 Å². The van der Waals surface area contributed by atoms with Gasteiger partial charge in [-0.2, -0.15) is 0 Å². The van der Waals surface area contributed by atoms with Crippen molar-refractivity contribution in [2.24, 2.45) is 11.8 Å². The average molecular weight is 322 g/mol. The Morgan fingerprint density at radius 3 is 2.73 bits per heavy atom. The Labute approximate surface area is 129 Å². The predicted molar refractivity (Wildman–Crippen MR) is 83.3 cm³/mol. The fourth-order valence-electron chi connectivity index (χ4n) is 2.94. The van der Waals surface area contributed by atoms with Gasteiger partial charge in [0.2, 0.25) is 11.8 Å². The van der Waals surface area contributed by atoms with Gasteiger partial charge >= 0.3 is 0 Å². The second-order valence-corrected chi connectivity index (χ2v) is 8.18. The van der Waals surface area contributed by atoms with Crippen LogP contribution in [0.1, 0.15) is 13.3 Å². The molecule has 1 fully saturated rings. The van der Waals surface area contributed by atoms with Crippen molar-refractivity contribution in [1.82, 2.24) is 0 Å². The lowest BCUT2D eigenvalue weighted by Crippen LogP contribution is -2.40. The van der Waals surface area contributed by atoms with E-state index in [4.69, 9.17) is 0 Å². The molecule has 0 spiro atoms. The summed E-state index contributed by atoms with van der Waals surface area (Å²) < 4.78 is 23.2. The van der Waals surface area contributed by atoms with Crippen LogP contribution >= 0.6 is 0 Å². The van der Waals surface area contributed by atoms with Gasteiger partial charge in [-0.15, -0.1) is 0 Å². The fraction of sp³-hybridized carbons (Fsp3) is 0.467. The standard InChI is InChI=1S/C15H18N2O4S/c1-10-8-17(15(19)11-6-7-22(20,21)9-11)13-5-3-2-4-12(13)16-14(10)18/h2-5,10-11H,6-9H2,1H3,(H,16,18)/t10-,11-/m0/s1. The molecule has 1 aromatic rings. The van der Waals surface area contributed by atoms with Crippen molar-refractivity contribution in [3.8, 4) is 0 Å². The molecule has 22 heavy (non-hydrogen) atoms. The summed E-state index contributed by atoms with van der Waals surface area (Å²) in [6, 6.07) is 7.11. The van der Waals surface area contributed by atoms with Crippen LogP contribution in [0.2, 0.25) is 0 Å². The quantitative estimate of drug-likeness (QED) is 0.837. The van der Waals surface area contributed by atoms with E-state index in [2.05, 4.69) is 5.32 Å². The summed E-state index contributed by atoms with van der Waals surface area (Å²) in [6.07, 6.45) is 0.357. The van der Waals surface area contributed by atoms with Gasteiger partial charge in [0.1, 0.15) is 0 Å². The zero-order valence-electron chi connectivity index (χ0n) is 12.3. The number of anilines is 2. The number of carbonyl (C=O) groups is 2. The van der Waals surface area contributed by atoms with E-state index in [1.54, 1.807) is 36.1 Å². The zero-order valence-corrected chi connectivity index (χ0v) is 13.1. The summed E-state index contributed by atoms with van der Waals surface area (Å²) in [5, 5.41) is 2.81. The Morgan fingerprint density at radius 2 is 2.05 bits per heavy atom. The van der Waals surface area contributed by atoms with Gasteiger partial charge in [0, 0.05) is 6.54 Å². The number of nitrogens with one attached hydrogen (secondary N) is 1. The Bertz CT molecular complexity index is 729. The lowest BCUT2D eigenvalue weighted by atomic mass is 10.1. The number of fused-ring (bicyclic) bond motifs is 1. The summed E-state index contributed by atoms with van der Waals surface area (Å²) >= 11 is 0. The van der Waals surface area contributed by atoms with E-state index in [9.17, 15) is 18.0 Å². The summed E-state index contributed by atoms with van der Waals surface area (Å²) in [5.41, 5.74) is 1.22. The van der Waals surface area contributed by atoms with Gasteiger partial charge in [-0.3, -0.25) is 9.59 Å². The monoisotopic (exact) mass is 322 g/mol. The van der Waals surface area contributed by atoms with Crippen LogP contribution in [-0.2, 0) is 19.4 Å². The third-order valence-corrected chi connectivity index (χ3v) is 5.97. The van der Waals surface area contributed by atoms with Crippen molar-refractivity contribution < 1.29 is 18.0 Å². The highest BCUT2D eigenvalue weighted by molar-refractivity contribution is 7.91. The third-order valence-electron chi connectivity index (χ3n) is 4.20. The van der Waals surface area contributed by atoms with Gasteiger partial charge in [0.15, 0.2) is 9.84 Å². The molecule has 3 rings (SSSR count). The third kappa shape index (κ3) is 2.72. The molecular formula is C15H18N2O4S. The molecule has 1 N–H and O–H groups in total. The average Bonchev–Trinajstić information content (AvgIpc) is 2.78. The molecular weight excluding hydrogens is 304 g/mol. The first-order chi connectivity index (χ1) is 10.4. The van der Waals surface area contributed by atoms with Crippen molar-refractivity contribution in [3.63, 3.8) is 0 Å². The molecule has 7 heteroatoms. The van der Waals surface area contributed by atoms with Gasteiger partial charge in [0.25, 0.3) is 0 Å². The number of benzene rings is 1. The largest absolute Gasteiger partial charge is 0.324 e. The molecule has 2 heterocycles. The van der Waals surface area contributed by atoms with Gasteiger partial charge < -0.3 is 10.2 Å².